The Labute approximate surface area is 171 Å². The highest BCUT2D eigenvalue weighted by Gasteiger charge is 2.31. The average Bonchev–Trinajstić information content (AvgIpc) is 2.57. The third kappa shape index (κ3) is 3.92. The van der Waals surface area contributed by atoms with E-state index in [0.717, 1.165) is 15.6 Å². The van der Waals surface area contributed by atoms with Crippen LogP contribution in [0.3, 0.4) is 0 Å². The Morgan fingerprint density at radius 3 is 2.69 bits per heavy atom. The third-order valence-electron chi connectivity index (χ3n) is 4.18. The van der Waals surface area contributed by atoms with Gasteiger partial charge in [0, 0.05) is 20.9 Å². The van der Waals surface area contributed by atoms with E-state index >= 15 is 0 Å². The van der Waals surface area contributed by atoms with Crippen molar-refractivity contribution in [2.75, 3.05) is 5.32 Å². The molecule has 0 bridgehead atoms. The molecule has 0 aliphatic carbocycles. The largest absolute Gasteiger partial charge is 0.351 e. The summed E-state index contributed by atoms with van der Waals surface area (Å²) in [5.74, 6) is -0.212. The van der Waals surface area contributed by atoms with E-state index in [-0.39, 0.29) is 11.9 Å². The molecule has 0 radical (unpaired) electrons. The van der Waals surface area contributed by atoms with Gasteiger partial charge in [-0.2, -0.15) is 0 Å². The van der Waals surface area contributed by atoms with Crippen LogP contribution in [0.4, 0.5) is 5.69 Å². The summed E-state index contributed by atoms with van der Waals surface area (Å²) in [5, 5.41) is 10.3. The zero-order valence-electron chi connectivity index (χ0n) is 14.2. The first-order valence-electron chi connectivity index (χ1n) is 7.97. The van der Waals surface area contributed by atoms with Crippen LogP contribution in [0.15, 0.2) is 58.2 Å². The standard InChI is InChI=1S/C19H17BrClN3OS/c1-10-7-8-12(21)9-15(10)23-18(25)16-11(2)22-19(26)24-17(16)13-5-3-4-6-14(13)20/h3-9,17H,1-2H3,(H,23,25)(H2,22,24,26)/t17-/m1/s1. The van der Waals surface area contributed by atoms with Gasteiger partial charge >= 0.3 is 0 Å². The first kappa shape index (κ1) is 18.9. The normalized spacial score (nSPS) is 16.8. The predicted octanol–water partition coefficient (Wildman–Crippen LogP) is 4.84. The lowest BCUT2D eigenvalue weighted by molar-refractivity contribution is -0.113. The van der Waals surface area contributed by atoms with Crippen LogP contribution in [0.2, 0.25) is 5.02 Å². The molecule has 4 nitrogen and oxygen atoms in total. The van der Waals surface area contributed by atoms with Gasteiger partial charge < -0.3 is 16.0 Å². The molecule has 0 aromatic heterocycles. The Morgan fingerprint density at radius 2 is 1.96 bits per heavy atom. The van der Waals surface area contributed by atoms with Crippen LogP contribution in [0.25, 0.3) is 0 Å². The molecule has 26 heavy (non-hydrogen) atoms. The maximum Gasteiger partial charge on any atom is 0.255 e. The Kier molecular flexibility index (Phi) is 5.65. The van der Waals surface area contributed by atoms with Gasteiger partial charge in [0.25, 0.3) is 5.91 Å². The van der Waals surface area contributed by atoms with Crippen molar-refractivity contribution in [3.8, 4) is 0 Å². The van der Waals surface area contributed by atoms with E-state index in [1.807, 2.05) is 44.2 Å². The lowest BCUT2D eigenvalue weighted by atomic mass is 9.95. The van der Waals surface area contributed by atoms with E-state index < -0.39 is 0 Å². The molecule has 2 aromatic carbocycles. The number of aryl methyl sites for hydroxylation is 1. The molecule has 1 heterocycles. The number of carbonyl (C=O) groups excluding carboxylic acids is 1. The molecule has 0 saturated carbocycles. The summed E-state index contributed by atoms with van der Waals surface area (Å²) < 4.78 is 0.902. The number of benzene rings is 2. The number of nitrogens with one attached hydrogen (secondary N) is 3. The summed E-state index contributed by atoms with van der Waals surface area (Å²) in [4.78, 5) is 13.1. The number of hydrogen-bond acceptors (Lipinski definition) is 2. The zero-order chi connectivity index (χ0) is 18.8. The summed E-state index contributed by atoms with van der Waals surface area (Å²) >= 11 is 14.9. The quantitative estimate of drug-likeness (QED) is 0.586. The molecule has 1 amide bonds. The fourth-order valence-corrected chi connectivity index (χ4v) is 3.81. The first-order chi connectivity index (χ1) is 12.4. The number of thiocarbonyl (C=S) groups is 1. The van der Waals surface area contributed by atoms with Crippen LogP contribution in [-0.4, -0.2) is 11.0 Å². The molecular weight excluding hydrogens is 434 g/mol. The molecule has 3 N–H and O–H groups in total. The zero-order valence-corrected chi connectivity index (χ0v) is 17.3. The number of hydrogen-bond donors (Lipinski definition) is 3. The highest BCUT2D eigenvalue weighted by molar-refractivity contribution is 9.10. The van der Waals surface area contributed by atoms with Gasteiger partial charge in [0.15, 0.2) is 5.11 Å². The van der Waals surface area contributed by atoms with Crippen molar-refractivity contribution in [3.05, 3.63) is 74.4 Å². The number of carbonyl (C=O) groups is 1. The van der Waals surface area contributed by atoms with Crippen molar-refractivity contribution in [1.29, 1.82) is 0 Å². The highest BCUT2D eigenvalue weighted by atomic mass is 79.9. The van der Waals surface area contributed by atoms with E-state index in [2.05, 4.69) is 31.9 Å². The minimum atomic E-state index is -0.362. The molecule has 0 fully saturated rings. The first-order valence-corrected chi connectivity index (χ1v) is 9.55. The molecular formula is C19H17BrClN3OS. The van der Waals surface area contributed by atoms with Gasteiger partial charge in [-0.15, -0.1) is 0 Å². The van der Waals surface area contributed by atoms with Gasteiger partial charge in [-0.3, -0.25) is 4.79 Å². The number of allylic oxidation sites excluding steroid dienone is 1. The molecule has 0 spiro atoms. The summed E-state index contributed by atoms with van der Waals surface area (Å²) in [6.45, 7) is 3.77. The molecule has 1 aliphatic heterocycles. The molecule has 7 heteroatoms. The number of rotatable bonds is 3. The van der Waals surface area contributed by atoms with Crippen LogP contribution in [0, 0.1) is 6.92 Å². The van der Waals surface area contributed by atoms with E-state index in [4.69, 9.17) is 23.8 Å². The average molecular weight is 451 g/mol. The van der Waals surface area contributed by atoms with Crippen LogP contribution < -0.4 is 16.0 Å². The highest BCUT2D eigenvalue weighted by Crippen LogP contribution is 2.32. The van der Waals surface area contributed by atoms with E-state index in [1.165, 1.54) is 0 Å². The SMILES string of the molecule is CC1=C(C(=O)Nc2cc(Cl)ccc2C)[C@@H](c2ccccc2Br)NC(=S)N1. The van der Waals surface area contributed by atoms with Crippen molar-refractivity contribution in [2.45, 2.75) is 19.9 Å². The van der Waals surface area contributed by atoms with Crippen molar-refractivity contribution in [2.24, 2.45) is 0 Å². The van der Waals surface area contributed by atoms with E-state index in [1.54, 1.807) is 12.1 Å². The number of halogens is 2. The molecule has 0 unspecified atom stereocenters. The second-order valence-electron chi connectivity index (χ2n) is 6.01. The third-order valence-corrected chi connectivity index (χ3v) is 5.35. The Bertz CT molecular complexity index is 929. The molecule has 1 aliphatic rings. The Morgan fingerprint density at radius 1 is 1.23 bits per heavy atom. The predicted molar refractivity (Wildman–Crippen MR) is 113 cm³/mol. The van der Waals surface area contributed by atoms with Crippen molar-refractivity contribution < 1.29 is 4.79 Å². The minimum absolute atomic E-state index is 0.212. The van der Waals surface area contributed by atoms with Gasteiger partial charge in [0.05, 0.1) is 11.6 Å². The van der Waals surface area contributed by atoms with Crippen molar-refractivity contribution >= 4 is 56.5 Å². The fraction of sp³-hybridized carbons (Fsp3) is 0.158. The number of anilines is 1. The van der Waals surface area contributed by atoms with E-state index in [0.29, 0.717) is 27.1 Å². The van der Waals surface area contributed by atoms with Crippen LogP contribution in [-0.2, 0) is 4.79 Å². The molecule has 3 rings (SSSR count). The second-order valence-corrected chi connectivity index (χ2v) is 7.70. The van der Waals surface area contributed by atoms with E-state index in [9.17, 15) is 4.79 Å². The lowest BCUT2D eigenvalue weighted by Gasteiger charge is -2.31. The topological polar surface area (TPSA) is 53.2 Å². The Hall–Kier alpha value is -1.89. The molecule has 0 saturated heterocycles. The van der Waals surface area contributed by atoms with Gasteiger partial charge in [-0.25, -0.2) is 0 Å². The summed E-state index contributed by atoms with van der Waals surface area (Å²) in [6, 6.07) is 12.8. The van der Waals surface area contributed by atoms with Gasteiger partial charge in [0.2, 0.25) is 0 Å². The van der Waals surface area contributed by atoms with Crippen LogP contribution in [0.1, 0.15) is 24.1 Å². The minimum Gasteiger partial charge on any atom is -0.351 e. The second kappa shape index (κ2) is 7.78. The molecule has 2 aromatic rings. The maximum atomic E-state index is 13.1. The van der Waals surface area contributed by atoms with Gasteiger partial charge in [0.1, 0.15) is 0 Å². The molecule has 134 valence electrons. The summed E-state index contributed by atoms with van der Waals surface area (Å²) in [6.07, 6.45) is 0. The summed E-state index contributed by atoms with van der Waals surface area (Å²) in [7, 11) is 0. The van der Waals surface area contributed by atoms with Gasteiger partial charge in [-0.1, -0.05) is 51.8 Å². The lowest BCUT2D eigenvalue weighted by Crippen LogP contribution is -2.45. The smallest absolute Gasteiger partial charge is 0.255 e. The maximum absolute atomic E-state index is 13.1. The fourth-order valence-electron chi connectivity index (χ4n) is 2.86. The van der Waals surface area contributed by atoms with Crippen LogP contribution >= 0.6 is 39.7 Å². The van der Waals surface area contributed by atoms with Crippen molar-refractivity contribution in [3.63, 3.8) is 0 Å². The number of amides is 1. The monoisotopic (exact) mass is 449 g/mol. The van der Waals surface area contributed by atoms with Crippen LogP contribution in [0.5, 0.6) is 0 Å². The Balaban J connectivity index is 2.00. The molecule has 1 atom stereocenters. The van der Waals surface area contributed by atoms with Gasteiger partial charge in [-0.05, 0) is 55.4 Å². The summed E-state index contributed by atoms with van der Waals surface area (Å²) in [5.41, 5.74) is 3.84. The van der Waals surface area contributed by atoms with Crippen molar-refractivity contribution in [1.82, 2.24) is 10.6 Å².